The number of carbonyl (C=O) groups excluding carboxylic acids is 1. The van der Waals surface area contributed by atoms with Crippen molar-refractivity contribution < 1.29 is 27.4 Å². The van der Waals surface area contributed by atoms with Gasteiger partial charge in [-0.2, -0.15) is 13.2 Å². The molecule has 0 saturated carbocycles. The summed E-state index contributed by atoms with van der Waals surface area (Å²) in [5.74, 6) is -0.982. The molecule has 0 atom stereocenters. The minimum absolute atomic E-state index is 0.0696. The Balaban J connectivity index is 3.27. The summed E-state index contributed by atoms with van der Waals surface area (Å²) >= 11 is 0. The van der Waals surface area contributed by atoms with E-state index in [1.54, 1.807) is 0 Å². The molecule has 16 heavy (non-hydrogen) atoms. The number of halogens is 3. The van der Waals surface area contributed by atoms with Crippen LogP contribution >= 0.6 is 0 Å². The number of nitrogens with zero attached hydrogens (tertiary/aromatic N) is 1. The van der Waals surface area contributed by atoms with Crippen molar-refractivity contribution >= 4 is 5.97 Å². The zero-order valence-corrected chi connectivity index (χ0v) is 8.46. The second-order valence-electron chi connectivity index (χ2n) is 2.76. The van der Waals surface area contributed by atoms with Crippen LogP contribution in [0.2, 0.25) is 0 Å². The molecule has 88 valence electrons. The third-order valence-corrected chi connectivity index (χ3v) is 1.78. The van der Waals surface area contributed by atoms with Gasteiger partial charge in [0.05, 0.1) is 20.4 Å². The van der Waals surface area contributed by atoms with Gasteiger partial charge >= 0.3 is 12.1 Å². The summed E-state index contributed by atoms with van der Waals surface area (Å²) in [6, 6.07) is 0.588. The number of methoxy groups -OCH3 is 2. The number of hydrogen-bond acceptors (Lipinski definition) is 4. The predicted octanol–water partition coefficient (Wildman–Crippen LogP) is 1.90. The Morgan fingerprint density at radius 2 is 2.00 bits per heavy atom. The maximum atomic E-state index is 12.3. The molecule has 1 aromatic heterocycles. The first-order valence-electron chi connectivity index (χ1n) is 4.09. The van der Waals surface area contributed by atoms with Crippen molar-refractivity contribution in [1.82, 2.24) is 4.98 Å². The Morgan fingerprint density at radius 3 is 2.44 bits per heavy atom. The Labute approximate surface area is 89.0 Å². The summed E-state index contributed by atoms with van der Waals surface area (Å²) in [6.07, 6.45) is -3.79. The summed E-state index contributed by atoms with van der Waals surface area (Å²) in [4.78, 5) is 14.3. The summed E-state index contributed by atoms with van der Waals surface area (Å²) in [5.41, 5.74) is -1.49. The van der Waals surface area contributed by atoms with Crippen molar-refractivity contribution in [3.05, 3.63) is 23.5 Å². The first-order chi connectivity index (χ1) is 7.40. The van der Waals surface area contributed by atoms with E-state index < -0.39 is 17.8 Å². The van der Waals surface area contributed by atoms with Gasteiger partial charge in [0.2, 0.25) is 0 Å². The number of rotatable bonds is 2. The van der Waals surface area contributed by atoms with Crippen molar-refractivity contribution in [2.24, 2.45) is 0 Å². The smallest absolute Gasteiger partial charge is 0.433 e. The summed E-state index contributed by atoms with van der Waals surface area (Å²) in [7, 11) is 2.28. The van der Waals surface area contributed by atoms with Crippen molar-refractivity contribution in [3.8, 4) is 5.75 Å². The molecule has 0 unspecified atom stereocenters. The number of aromatic nitrogens is 1. The lowest BCUT2D eigenvalue weighted by Crippen LogP contribution is -2.12. The highest BCUT2D eigenvalue weighted by Gasteiger charge is 2.34. The topological polar surface area (TPSA) is 48.4 Å². The van der Waals surface area contributed by atoms with Crippen molar-refractivity contribution in [2.75, 3.05) is 14.2 Å². The van der Waals surface area contributed by atoms with Crippen LogP contribution in [-0.4, -0.2) is 25.2 Å². The molecule has 4 nitrogen and oxygen atoms in total. The second-order valence-corrected chi connectivity index (χ2v) is 2.76. The van der Waals surface area contributed by atoms with Crippen molar-refractivity contribution in [3.63, 3.8) is 0 Å². The van der Waals surface area contributed by atoms with E-state index in [0.717, 1.165) is 13.3 Å². The maximum absolute atomic E-state index is 12.3. The number of hydrogen-bond donors (Lipinski definition) is 0. The Morgan fingerprint density at radius 1 is 1.38 bits per heavy atom. The van der Waals surface area contributed by atoms with Gasteiger partial charge < -0.3 is 9.47 Å². The lowest BCUT2D eigenvalue weighted by Gasteiger charge is -2.10. The number of esters is 1. The standard InChI is InChI=1S/C9H8F3NO3/c1-15-6-4-13-7(9(10,11)12)3-5(6)8(14)16-2/h3-4H,1-2H3. The van der Waals surface area contributed by atoms with Gasteiger partial charge in [-0.25, -0.2) is 9.78 Å². The fraction of sp³-hybridized carbons (Fsp3) is 0.333. The van der Waals surface area contributed by atoms with Crippen LogP contribution < -0.4 is 4.74 Å². The molecule has 0 amide bonds. The second kappa shape index (κ2) is 4.38. The largest absolute Gasteiger partial charge is 0.494 e. The molecule has 1 rings (SSSR count). The fourth-order valence-corrected chi connectivity index (χ4v) is 1.03. The molecule has 0 aliphatic heterocycles. The Hall–Kier alpha value is -1.79. The molecule has 1 heterocycles. The normalized spacial score (nSPS) is 11.1. The van der Waals surface area contributed by atoms with Crippen molar-refractivity contribution in [2.45, 2.75) is 6.18 Å². The van der Waals surface area contributed by atoms with E-state index in [2.05, 4.69) is 9.72 Å². The highest BCUT2D eigenvalue weighted by molar-refractivity contribution is 5.92. The van der Waals surface area contributed by atoms with E-state index in [1.807, 2.05) is 0 Å². The number of alkyl halides is 3. The first-order valence-corrected chi connectivity index (χ1v) is 4.09. The maximum Gasteiger partial charge on any atom is 0.433 e. The van der Waals surface area contributed by atoms with E-state index in [1.165, 1.54) is 7.11 Å². The molecule has 0 radical (unpaired) electrons. The zero-order chi connectivity index (χ0) is 12.3. The van der Waals surface area contributed by atoms with Gasteiger partial charge in [0.15, 0.2) is 5.75 Å². The quantitative estimate of drug-likeness (QED) is 0.734. The van der Waals surface area contributed by atoms with Gasteiger partial charge in [0.25, 0.3) is 0 Å². The predicted molar refractivity (Wildman–Crippen MR) is 47.1 cm³/mol. The van der Waals surface area contributed by atoms with E-state index in [0.29, 0.717) is 6.07 Å². The fourth-order valence-electron chi connectivity index (χ4n) is 1.03. The van der Waals surface area contributed by atoms with E-state index >= 15 is 0 Å². The van der Waals surface area contributed by atoms with Crippen LogP contribution in [0.15, 0.2) is 12.3 Å². The molecule has 0 spiro atoms. The van der Waals surface area contributed by atoms with Crippen LogP contribution in [0.5, 0.6) is 5.75 Å². The van der Waals surface area contributed by atoms with Crippen LogP contribution in [-0.2, 0) is 10.9 Å². The van der Waals surface area contributed by atoms with E-state index in [4.69, 9.17) is 4.74 Å². The average molecular weight is 235 g/mol. The van der Waals surface area contributed by atoms with Gasteiger partial charge in [0.1, 0.15) is 11.3 Å². The molecule has 0 N–H and O–H groups in total. The molecule has 7 heteroatoms. The summed E-state index contributed by atoms with van der Waals surface area (Å²) < 4.78 is 46.0. The molecule has 0 fully saturated rings. The number of pyridine rings is 1. The molecule has 1 aromatic rings. The monoisotopic (exact) mass is 235 g/mol. The SMILES string of the molecule is COC(=O)c1cc(C(F)(F)F)ncc1OC. The van der Waals surface area contributed by atoms with E-state index in [-0.39, 0.29) is 11.3 Å². The van der Waals surface area contributed by atoms with Gasteiger partial charge in [-0.3, -0.25) is 0 Å². The van der Waals surface area contributed by atoms with Gasteiger partial charge in [-0.1, -0.05) is 0 Å². The Bertz CT molecular complexity index is 403. The highest BCUT2D eigenvalue weighted by Crippen LogP contribution is 2.30. The third-order valence-electron chi connectivity index (χ3n) is 1.78. The molecular formula is C9H8F3NO3. The minimum Gasteiger partial charge on any atom is -0.494 e. The molecule has 0 aliphatic rings. The zero-order valence-electron chi connectivity index (χ0n) is 8.46. The lowest BCUT2D eigenvalue weighted by molar-refractivity contribution is -0.141. The summed E-state index contributed by atoms with van der Waals surface area (Å²) in [5, 5.41) is 0. The molecule has 0 bridgehead atoms. The molecular weight excluding hydrogens is 227 g/mol. The molecule has 0 saturated heterocycles. The van der Waals surface area contributed by atoms with Crippen LogP contribution in [0.3, 0.4) is 0 Å². The lowest BCUT2D eigenvalue weighted by atomic mass is 10.2. The van der Waals surface area contributed by atoms with Crippen LogP contribution in [0.25, 0.3) is 0 Å². The third kappa shape index (κ3) is 2.41. The number of ether oxygens (including phenoxy) is 2. The van der Waals surface area contributed by atoms with E-state index in [9.17, 15) is 18.0 Å². The number of carbonyl (C=O) groups is 1. The van der Waals surface area contributed by atoms with Gasteiger partial charge in [0, 0.05) is 0 Å². The first kappa shape index (κ1) is 12.3. The van der Waals surface area contributed by atoms with Crippen LogP contribution in [0.1, 0.15) is 16.1 Å². The average Bonchev–Trinajstić information content (AvgIpc) is 2.25. The highest BCUT2D eigenvalue weighted by atomic mass is 19.4. The van der Waals surface area contributed by atoms with Gasteiger partial charge in [-0.05, 0) is 6.07 Å². The van der Waals surface area contributed by atoms with Crippen LogP contribution in [0, 0.1) is 0 Å². The summed E-state index contributed by atoms with van der Waals surface area (Å²) in [6.45, 7) is 0. The minimum atomic E-state index is -4.62. The Kier molecular flexibility index (Phi) is 3.36. The molecule has 0 aromatic carbocycles. The van der Waals surface area contributed by atoms with Crippen LogP contribution in [0.4, 0.5) is 13.2 Å². The van der Waals surface area contributed by atoms with Gasteiger partial charge in [-0.15, -0.1) is 0 Å². The molecule has 0 aliphatic carbocycles. The van der Waals surface area contributed by atoms with Crippen molar-refractivity contribution in [1.29, 1.82) is 0 Å².